The third-order valence-corrected chi connectivity index (χ3v) is 5.73. The van der Waals surface area contributed by atoms with Crippen molar-refractivity contribution in [2.45, 2.75) is 59.1 Å². The van der Waals surface area contributed by atoms with E-state index in [2.05, 4.69) is 38.1 Å². The fourth-order valence-electron chi connectivity index (χ4n) is 4.47. The van der Waals surface area contributed by atoms with Crippen molar-refractivity contribution in [3.63, 3.8) is 0 Å². The Hall–Kier alpha value is -0.870. The molecule has 2 fully saturated rings. The fourth-order valence-corrected chi connectivity index (χ4v) is 4.47. The standard InChI is InChI=1S/C17H29N3O/c1-11-13(12(2)20(5)19-11)8-9-18-15-14-7-6-10-21-16(14)17(15,3)4/h14-16,18H,6-10H2,1-5H3/t14-,15-,16-/m1/s1. The molecule has 0 aromatic carbocycles. The molecule has 1 saturated carbocycles. The van der Waals surface area contributed by atoms with Crippen LogP contribution in [0.5, 0.6) is 0 Å². The number of ether oxygens (including phenoxy) is 1. The highest BCUT2D eigenvalue weighted by molar-refractivity contribution is 5.24. The first-order chi connectivity index (χ1) is 9.93. The predicted molar refractivity (Wildman–Crippen MR) is 84.4 cm³/mol. The van der Waals surface area contributed by atoms with Crippen molar-refractivity contribution in [2.24, 2.45) is 18.4 Å². The molecule has 4 nitrogen and oxygen atoms in total. The number of nitrogens with one attached hydrogen (secondary N) is 1. The lowest BCUT2D eigenvalue weighted by atomic mass is 9.55. The summed E-state index contributed by atoms with van der Waals surface area (Å²) in [5.74, 6) is 0.713. The summed E-state index contributed by atoms with van der Waals surface area (Å²) in [5.41, 5.74) is 4.13. The van der Waals surface area contributed by atoms with Gasteiger partial charge >= 0.3 is 0 Å². The van der Waals surface area contributed by atoms with Crippen molar-refractivity contribution in [3.05, 3.63) is 17.0 Å². The molecule has 1 saturated heterocycles. The van der Waals surface area contributed by atoms with Gasteiger partial charge in [-0.15, -0.1) is 0 Å². The second kappa shape index (κ2) is 5.40. The molecule has 2 heterocycles. The number of aromatic nitrogens is 2. The zero-order valence-corrected chi connectivity index (χ0v) is 14.1. The largest absolute Gasteiger partial charge is 0.377 e. The van der Waals surface area contributed by atoms with Crippen LogP contribution in [0.3, 0.4) is 0 Å². The van der Waals surface area contributed by atoms with Crippen LogP contribution in [0.1, 0.15) is 43.6 Å². The molecule has 21 heavy (non-hydrogen) atoms. The maximum Gasteiger partial charge on any atom is 0.0684 e. The van der Waals surface area contributed by atoms with Gasteiger partial charge in [0.1, 0.15) is 0 Å². The number of aryl methyl sites for hydroxylation is 2. The van der Waals surface area contributed by atoms with E-state index < -0.39 is 0 Å². The summed E-state index contributed by atoms with van der Waals surface area (Å²) in [6, 6.07) is 0.597. The predicted octanol–water partition coefficient (Wildman–Crippen LogP) is 2.37. The minimum atomic E-state index is 0.268. The Morgan fingerprint density at radius 3 is 2.81 bits per heavy atom. The van der Waals surface area contributed by atoms with E-state index in [-0.39, 0.29) is 5.41 Å². The molecule has 0 radical (unpaired) electrons. The molecule has 1 aliphatic heterocycles. The molecule has 2 aliphatic rings. The lowest BCUT2D eigenvalue weighted by Crippen LogP contribution is -2.69. The van der Waals surface area contributed by atoms with Crippen LogP contribution in [0, 0.1) is 25.2 Å². The van der Waals surface area contributed by atoms with Gasteiger partial charge < -0.3 is 10.1 Å². The van der Waals surface area contributed by atoms with Crippen LogP contribution >= 0.6 is 0 Å². The van der Waals surface area contributed by atoms with Crippen molar-refractivity contribution in [3.8, 4) is 0 Å². The summed E-state index contributed by atoms with van der Waals surface area (Å²) in [4.78, 5) is 0. The molecule has 0 amide bonds. The lowest BCUT2D eigenvalue weighted by Gasteiger charge is -2.60. The molecule has 118 valence electrons. The van der Waals surface area contributed by atoms with Crippen molar-refractivity contribution in [2.75, 3.05) is 13.2 Å². The second-order valence-corrected chi connectivity index (χ2v) is 7.37. The average molecular weight is 291 g/mol. The quantitative estimate of drug-likeness (QED) is 0.925. The highest BCUT2D eigenvalue weighted by Crippen LogP contribution is 2.51. The summed E-state index contributed by atoms with van der Waals surface area (Å²) < 4.78 is 7.96. The zero-order valence-electron chi connectivity index (χ0n) is 14.1. The third kappa shape index (κ3) is 2.42. The summed E-state index contributed by atoms with van der Waals surface area (Å²) in [6.45, 7) is 10.9. The topological polar surface area (TPSA) is 39.1 Å². The molecule has 3 atom stereocenters. The van der Waals surface area contributed by atoms with E-state index in [1.54, 1.807) is 0 Å². The van der Waals surface area contributed by atoms with E-state index in [1.807, 2.05) is 11.7 Å². The third-order valence-electron chi connectivity index (χ3n) is 5.73. The van der Waals surface area contributed by atoms with Crippen LogP contribution < -0.4 is 5.32 Å². The van der Waals surface area contributed by atoms with E-state index in [0.29, 0.717) is 18.1 Å². The normalized spacial score (nSPS) is 30.8. The molecule has 1 aromatic heterocycles. The number of nitrogens with zero attached hydrogens (tertiary/aromatic N) is 2. The molecule has 4 heteroatoms. The molecule has 0 spiro atoms. The van der Waals surface area contributed by atoms with E-state index in [1.165, 1.54) is 29.8 Å². The average Bonchev–Trinajstić information content (AvgIpc) is 2.69. The van der Waals surface area contributed by atoms with E-state index >= 15 is 0 Å². The molecular formula is C17H29N3O. The SMILES string of the molecule is Cc1nn(C)c(C)c1CCN[C@@H]1[C@H]2CCCO[C@H]2C1(C)C. The summed E-state index contributed by atoms with van der Waals surface area (Å²) in [6.07, 6.45) is 4.06. The van der Waals surface area contributed by atoms with Gasteiger partial charge in [0.15, 0.2) is 0 Å². The van der Waals surface area contributed by atoms with Crippen LogP contribution in [0.15, 0.2) is 0 Å². The Morgan fingerprint density at radius 1 is 1.38 bits per heavy atom. The Morgan fingerprint density at radius 2 is 2.14 bits per heavy atom. The molecule has 0 unspecified atom stereocenters. The molecule has 3 rings (SSSR count). The molecular weight excluding hydrogens is 262 g/mol. The summed E-state index contributed by atoms with van der Waals surface area (Å²) >= 11 is 0. The first kappa shape index (κ1) is 15.0. The first-order valence-electron chi connectivity index (χ1n) is 8.27. The van der Waals surface area contributed by atoms with Gasteiger partial charge in [-0.25, -0.2) is 0 Å². The maximum absolute atomic E-state index is 5.98. The number of hydrogen-bond acceptors (Lipinski definition) is 3. The van der Waals surface area contributed by atoms with Gasteiger partial charge in [-0.2, -0.15) is 5.10 Å². The summed E-state index contributed by atoms with van der Waals surface area (Å²) in [7, 11) is 2.03. The highest BCUT2D eigenvalue weighted by atomic mass is 16.5. The van der Waals surface area contributed by atoms with Crippen molar-refractivity contribution in [1.29, 1.82) is 0 Å². The van der Waals surface area contributed by atoms with Crippen LogP contribution in [0.4, 0.5) is 0 Å². The monoisotopic (exact) mass is 291 g/mol. The first-order valence-corrected chi connectivity index (χ1v) is 8.27. The van der Waals surface area contributed by atoms with Crippen molar-refractivity contribution in [1.82, 2.24) is 15.1 Å². The van der Waals surface area contributed by atoms with E-state index in [9.17, 15) is 0 Å². The summed E-state index contributed by atoms with van der Waals surface area (Å²) in [5, 5.41) is 8.31. The van der Waals surface area contributed by atoms with Gasteiger partial charge in [0.25, 0.3) is 0 Å². The van der Waals surface area contributed by atoms with E-state index in [0.717, 1.165) is 19.6 Å². The molecule has 1 N–H and O–H groups in total. The fraction of sp³-hybridized carbons (Fsp3) is 0.824. The number of hydrogen-bond donors (Lipinski definition) is 1. The van der Waals surface area contributed by atoms with Crippen LogP contribution in [0.25, 0.3) is 0 Å². The molecule has 1 aromatic rings. The zero-order chi connectivity index (χ0) is 15.2. The minimum Gasteiger partial charge on any atom is -0.377 e. The highest BCUT2D eigenvalue weighted by Gasteiger charge is 2.57. The van der Waals surface area contributed by atoms with Gasteiger partial charge in [0, 0.05) is 36.7 Å². The number of rotatable bonds is 4. The van der Waals surface area contributed by atoms with Gasteiger partial charge in [0.2, 0.25) is 0 Å². The minimum absolute atomic E-state index is 0.268. The van der Waals surface area contributed by atoms with Gasteiger partial charge in [-0.3, -0.25) is 4.68 Å². The van der Waals surface area contributed by atoms with Gasteiger partial charge in [-0.05, 0) is 45.2 Å². The lowest BCUT2D eigenvalue weighted by molar-refractivity contribution is -0.192. The van der Waals surface area contributed by atoms with Crippen molar-refractivity contribution >= 4 is 0 Å². The Bertz CT molecular complexity index is 520. The Kier molecular flexibility index (Phi) is 3.87. The second-order valence-electron chi connectivity index (χ2n) is 7.37. The smallest absolute Gasteiger partial charge is 0.0684 e. The van der Waals surface area contributed by atoms with Crippen LogP contribution in [-0.4, -0.2) is 35.1 Å². The molecule has 0 bridgehead atoms. The number of fused-ring (bicyclic) bond motifs is 1. The van der Waals surface area contributed by atoms with Crippen LogP contribution in [0.2, 0.25) is 0 Å². The van der Waals surface area contributed by atoms with Gasteiger partial charge in [0.05, 0.1) is 11.8 Å². The molecule has 1 aliphatic carbocycles. The Labute approximate surface area is 128 Å². The maximum atomic E-state index is 5.98. The Balaban J connectivity index is 1.58. The van der Waals surface area contributed by atoms with Crippen LogP contribution in [-0.2, 0) is 18.2 Å². The van der Waals surface area contributed by atoms with Gasteiger partial charge in [-0.1, -0.05) is 13.8 Å². The van der Waals surface area contributed by atoms with E-state index in [4.69, 9.17) is 4.74 Å². The van der Waals surface area contributed by atoms with Crippen molar-refractivity contribution < 1.29 is 4.74 Å².